The summed E-state index contributed by atoms with van der Waals surface area (Å²) in [6, 6.07) is 3.51. The van der Waals surface area contributed by atoms with Crippen LogP contribution in [0.3, 0.4) is 0 Å². The second-order valence-electron chi connectivity index (χ2n) is 5.34. The molecule has 0 aliphatic carbocycles. The zero-order valence-electron chi connectivity index (χ0n) is 12.0. The van der Waals surface area contributed by atoms with E-state index in [0.717, 1.165) is 25.0 Å². The van der Waals surface area contributed by atoms with Crippen LogP contribution in [0.25, 0.3) is 0 Å². The highest BCUT2D eigenvalue weighted by molar-refractivity contribution is 6.30. The van der Waals surface area contributed by atoms with Crippen LogP contribution in [0.4, 0.5) is 0 Å². The number of amides is 1. The Hall–Kier alpha value is -1.13. The number of aromatic nitrogens is 1. The van der Waals surface area contributed by atoms with Crippen LogP contribution in [0, 0.1) is 5.41 Å². The van der Waals surface area contributed by atoms with Gasteiger partial charge in [-0.1, -0.05) is 18.5 Å². The SMILES string of the molecule is CCC1(C(=O)N[C@@H](C)c2ccc(Cl)cn2)CCOCC1. The maximum absolute atomic E-state index is 12.6. The number of halogens is 1. The Morgan fingerprint density at radius 1 is 1.50 bits per heavy atom. The molecule has 2 rings (SSSR count). The Labute approximate surface area is 124 Å². The standard InChI is InChI=1S/C15H21ClN2O2/c1-3-15(6-8-20-9-7-15)14(19)18-11(2)13-5-4-12(16)10-17-13/h4-5,10-11H,3,6-9H2,1-2H3,(H,18,19)/t11-/m0/s1. The van der Waals surface area contributed by atoms with Crippen LogP contribution < -0.4 is 5.32 Å². The van der Waals surface area contributed by atoms with E-state index in [1.165, 1.54) is 0 Å². The highest BCUT2D eigenvalue weighted by atomic mass is 35.5. The van der Waals surface area contributed by atoms with Crippen LogP contribution >= 0.6 is 11.6 Å². The van der Waals surface area contributed by atoms with Gasteiger partial charge in [0, 0.05) is 19.4 Å². The molecule has 0 spiro atoms. The lowest BCUT2D eigenvalue weighted by molar-refractivity contribution is -0.137. The van der Waals surface area contributed by atoms with E-state index in [1.54, 1.807) is 12.3 Å². The van der Waals surface area contributed by atoms with Crippen molar-refractivity contribution in [2.75, 3.05) is 13.2 Å². The summed E-state index contributed by atoms with van der Waals surface area (Å²) in [6.07, 6.45) is 4.01. The molecule has 4 nitrogen and oxygen atoms in total. The third-order valence-corrected chi connectivity index (χ3v) is 4.37. The van der Waals surface area contributed by atoms with Crippen LogP contribution in [0.2, 0.25) is 5.02 Å². The topological polar surface area (TPSA) is 51.2 Å². The van der Waals surface area contributed by atoms with Gasteiger partial charge in [-0.15, -0.1) is 0 Å². The third kappa shape index (κ3) is 3.30. The van der Waals surface area contributed by atoms with Gasteiger partial charge in [-0.2, -0.15) is 0 Å². The minimum atomic E-state index is -0.293. The highest BCUT2D eigenvalue weighted by Crippen LogP contribution is 2.34. The summed E-state index contributed by atoms with van der Waals surface area (Å²) in [4.78, 5) is 16.8. The number of carbonyl (C=O) groups excluding carboxylic acids is 1. The maximum atomic E-state index is 12.6. The van der Waals surface area contributed by atoms with Gasteiger partial charge in [-0.05, 0) is 38.3 Å². The van der Waals surface area contributed by atoms with E-state index in [0.29, 0.717) is 18.2 Å². The first-order valence-corrected chi connectivity index (χ1v) is 7.45. The minimum Gasteiger partial charge on any atom is -0.381 e. The molecule has 110 valence electrons. The molecule has 0 bridgehead atoms. The van der Waals surface area contributed by atoms with Gasteiger partial charge in [0.15, 0.2) is 0 Å². The summed E-state index contributed by atoms with van der Waals surface area (Å²) >= 11 is 5.82. The monoisotopic (exact) mass is 296 g/mol. The van der Waals surface area contributed by atoms with Gasteiger partial charge in [0.25, 0.3) is 0 Å². The second kappa shape index (κ2) is 6.55. The van der Waals surface area contributed by atoms with Crippen molar-refractivity contribution in [2.24, 2.45) is 5.41 Å². The number of ether oxygens (including phenoxy) is 1. The molecule has 1 fully saturated rings. The van der Waals surface area contributed by atoms with Crippen molar-refractivity contribution in [3.05, 3.63) is 29.0 Å². The predicted molar refractivity (Wildman–Crippen MR) is 78.6 cm³/mol. The summed E-state index contributed by atoms with van der Waals surface area (Å²) < 4.78 is 5.37. The Balaban J connectivity index is 2.04. The quantitative estimate of drug-likeness (QED) is 0.929. The molecule has 2 heterocycles. The van der Waals surface area contributed by atoms with Gasteiger partial charge >= 0.3 is 0 Å². The summed E-state index contributed by atoms with van der Waals surface area (Å²) in [5.41, 5.74) is 0.528. The molecule has 1 saturated heterocycles. The molecule has 0 unspecified atom stereocenters. The fraction of sp³-hybridized carbons (Fsp3) is 0.600. The lowest BCUT2D eigenvalue weighted by atomic mass is 9.77. The highest BCUT2D eigenvalue weighted by Gasteiger charge is 2.38. The van der Waals surface area contributed by atoms with Crippen LogP contribution in [-0.2, 0) is 9.53 Å². The van der Waals surface area contributed by atoms with Crippen LogP contribution in [0.1, 0.15) is 44.8 Å². The van der Waals surface area contributed by atoms with E-state index >= 15 is 0 Å². The van der Waals surface area contributed by atoms with E-state index < -0.39 is 0 Å². The summed E-state index contributed by atoms with van der Waals surface area (Å²) in [5, 5.41) is 3.68. The number of rotatable bonds is 4. The fourth-order valence-corrected chi connectivity index (χ4v) is 2.68. The van der Waals surface area contributed by atoms with Crippen molar-refractivity contribution < 1.29 is 9.53 Å². The minimum absolute atomic E-state index is 0.104. The van der Waals surface area contributed by atoms with Crippen molar-refractivity contribution in [1.29, 1.82) is 0 Å². The molecule has 1 aliphatic rings. The molecular weight excluding hydrogens is 276 g/mol. The van der Waals surface area contributed by atoms with Crippen molar-refractivity contribution in [3.63, 3.8) is 0 Å². The zero-order valence-corrected chi connectivity index (χ0v) is 12.7. The van der Waals surface area contributed by atoms with Crippen molar-refractivity contribution >= 4 is 17.5 Å². The number of nitrogens with zero attached hydrogens (tertiary/aromatic N) is 1. The molecule has 1 amide bonds. The van der Waals surface area contributed by atoms with Crippen molar-refractivity contribution in [2.45, 2.75) is 39.2 Å². The molecule has 1 aromatic heterocycles. The Bertz CT molecular complexity index is 455. The Morgan fingerprint density at radius 3 is 2.75 bits per heavy atom. The normalized spacial score (nSPS) is 19.4. The van der Waals surface area contributed by atoms with E-state index in [1.807, 2.05) is 13.0 Å². The zero-order chi connectivity index (χ0) is 14.6. The summed E-state index contributed by atoms with van der Waals surface area (Å²) in [6.45, 7) is 5.33. The lowest BCUT2D eigenvalue weighted by Crippen LogP contribution is -2.45. The average Bonchev–Trinajstić information content (AvgIpc) is 2.48. The van der Waals surface area contributed by atoms with Gasteiger partial charge in [0.1, 0.15) is 0 Å². The first-order chi connectivity index (χ1) is 9.57. The fourth-order valence-electron chi connectivity index (χ4n) is 2.57. The van der Waals surface area contributed by atoms with Gasteiger partial charge in [0.05, 0.1) is 22.2 Å². The van der Waals surface area contributed by atoms with Crippen LogP contribution in [0.15, 0.2) is 18.3 Å². The van der Waals surface area contributed by atoms with Gasteiger partial charge < -0.3 is 10.1 Å². The first-order valence-electron chi connectivity index (χ1n) is 7.07. The first kappa shape index (κ1) is 15.3. The van der Waals surface area contributed by atoms with E-state index in [4.69, 9.17) is 16.3 Å². The maximum Gasteiger partial charge on any atom is 0.226 e. The van der Waals surface area contributed by atoms with Crippen molar-refractivity contribution in [3.8, 4) is 0 Å². The smallest absolute Gasteiger partial charge is 0.226 e. The number of hydrogen-bond acceptors (Lipinski definition) is 3. The molecule has 0 saturated carbocycles. The van der Waals surface area contributed by atoms with E-state index in [2.05, 4.69) is 17.2 Å². The number of nitrogens with one attached hydrogen (secondary N) is 1. The second-order valence-corrected chi connectivity index (χ2v) is 5.78. The largest absolute Gasteiger partial charge is 0.381 e. The molecule has 1 atom stereocenters. The van der Waals surface area contributed by atoms with Crippen LogP contribution in [-0.4, -0.2) is 24.1 Å². The van der Waals surface area contributed by atoms with E-state index in [-0.39, 0.29) is 17.4 Å². The van der Waals surface area contributed by atoms with Crippen LogP contribution in [0.5, 0.6) is 0 Å². The molecular formula is C15H21ClN2O2. The van der Waals surface area contributed by atoms with E-state index in [9.17, 15) is 4.79 Å². The molecule has 1 aliphatic heterocycles. The van der Waals surface area contributed by atoms with Crippen molar-refractivity contribution in [1.82, 2.24) is 10.3 Å². The molecule has 1 N–H and O–H groups in total. The van der Waals surface area contributed by atoms with Gasteiger partial charge in [0.2, 0.25) is 5.91 Å². The lowest BCUT2D eigenvalue weighted by Gasteiger charge is -2.35. The molecule has 20 heavy (non-hydrogen) atoms. The number of carbonyl (C=O) groups is 1. The average molecular weight is 297 g/mol. The summed E-state index contributed by atoms with van der Waals surface area (Å²) in [7, 11) is 0. The molecule has 0 aromatic carbocycles. The molecule has 0 radical (unpaired) electrons. The Morgan fingerprint density at radius 2 is 2.20 bits per heavy atom. The summed E-state index contributed by atoms with van der Waals surface area (Å²) in [5.74, 6) is 0.104. The Kier molecular flexibility index (Phi) is 5.00. The molecule has 5 heteroatoms. The number of pyridine rings is 1. The molecule has 1 aromatic rings. The number of hydrogen-bond donors (Lipinski definition) is 1. The van der Waals surface area contributed by atoms with Gasteiger partial charge in [-0.25, -0.2) is 0 Å². The third-order valence-electron chi connectivity index (χ3n) is 4.15. The predicted octanol–water partition coefficient (Wildman–Crippen LogP) is 3.12. The van der Waals surface area contributed by atoms with Gasteiger partial charge in [-0.3, -0.25) is 9.78 Å².